The molecule has 1 saturated heterocycles. The lowest BCUT2D eigenvalue weighted by Crippen LogP contribution is -2.27. The van der Waals surface area contributed by atoms with Gasteiger partial charge in [0.15, 0.2) is 0 Å². The monoisotopic (exact) mass is 145 g/mol. The second-order valence-corrected chi connectivity index (χ2v) is 3.99. The standard InChI is InChI=1S/C7H15NS/c1-6-2-3-9-5-7(6)4-8/h6-7H,2-5,8H2,1H3. The third-order valence-corrected chi connectivity index (χ3v) is 3.35. The first kappa shape index (κ1) is 7.42. The minimum Gasteiger partial charge on any atom is -0.330 e. The molecule has 0 amide bonds. The molecule has 1 fully saturated rings. The van der Waals surface area contributed by atoms with Crippen LogP contribution in [0.25, 0.3) is 0 Å². The molecule has 0 aromatic carbocycles. The molecule has 0 bridgehead atoms. The molecule has 0 aliphatic carbocycles. The van der Waals surface area contributed by atoms with Crippen molar-refractivity contribution in [2.75, 3.05) is 18.1 Å². The molecule has 1 aliphatic heterocycles. The normalized spacial score (nSPS) is 36.7. The first-order chi connectivity index (χ1) is 4.34. The molecule has 1 nitrogen and oxygen atoms in total. The summed E-state index contributed by atoms with van der Waals surface area (Å²) in [6.45, 7) is 3.20. The highest BCUT2D eigenvalue weighted by molar-refractivity contribution is 7.99. The van der Waals surface area contributed by atoms with E-state index in [1.54, 1.807) is 0 Å². The Kier molecular flexibility index (Phi) is 2.86. The van der Waals surface area contributed by atoms with E-state index in [9.17, 15) is 0 Å². The largest absolute Gasteiger partial charge is 0.330 e. The average Bonchev–Trinajstić information content (AvgIpc) is 1.89. The first-order valence-corrected chi connectivity index (χ1v) is 4.78. The minimum absolute atomic E-state index is 0.795. The zero-order valence-corrected chi connectivity index (χ0v) is 6.79. The van der Waals surface area contributed by atoms with Gasteiger partial charge in [-0.3, -0.25) is 0 Å². The molecule has 54 valence electrons. The number of nitrogens with two attached hydrogens (primary N) is 1. The lowest BCUT2D eigenvalue weighted by molar-refractivity contribution is 0.384. The van der Waals surface area contributed by atoms with Crippen LogP contribution in [0.4, 0.5) is 0 Å². The van der Waals surface area contributed by atoms with Crippen LogP contribution in [0.5, 0.6) is 0 Å². The highest BCUT2D eigenvalue weighted by Gasteiger charge is 2.19. The quantitative estimate of drug-likeness (QED) is 0.602. The van der Waals surface area contributed by atoms with Gasteiger partial charge in [-0.1, -0.05) is 6.92 Å². The maximum Gasteiger partial charge on any atom is -0.00245 e. The fourth-order valence-electron chi connectivity index (χ4n) is 1.20. The van der Waals surface area contributed by atoms with Crippen LogP contribution in [-0.2, 0) is 0 Å². The molecule has 1 aliphatic rings. The van der Waals surface area contributed by atoms with Crippen LogP contribution in [-0.4, -0.2) is 18.1 Å². The molecule has 0 saturated carbocycles. The van der Waals surface area contributed by atoms with E-state index < -0.39 is 0 Å². The Morgan fingerprint density at radius 1 is 1.67 bits per heavy atom. The molecule has 2 atom stereocenters. The van der Waals surface area contributed by atoms with Gasteiger partial charge in [0.05, 0.1) is 0 Å². The summed E-state index contributed by atoms with van der Waals surface area (Å²) in [4.78, 5) is 0. The third kappa shape index (κ3) is 1.87. The third-order valence-electron chi connectivity index (χ3n) is 2.16. The summed E-state index contributed by atoms with van der Waals surface area (Å²) >= 11 is 2.05. The van der Waals surface area contributed by atoms with Gasteiger partial charge in [-0.25, -0.2) is 0 Å². The molecule has 0 radical (unpaired) electrons. The molecular weight excluding hydrogens is 130 g/mol. The number of hydrogen-bond donors (Lipinski definition) is 1. The number of thioether (sulfide) groups is 1. The van der Waals surface area contributed by atoms with Crippen LogP contribution in [0.1, 0.15) is 13.3 Å². The van der Waals surface area contributed by atoms with Crippen LogP contribution < -0.4 is 5.73 Å². The summed E-state index contributed by atoms with van der Waals surface area (Å²) in [5.41, 5.74) is 5.58. The van der Waals surface area contributed by atoms with Crippen LogP contribution in [0.2, 0.25) is 0 Å². The maximum absolute atomic E-state index is 5.58. The van der Waals surface area contributed by atoms with E-state index in [-0.39, 0.29) is 0 Å². The molecule has 0 aromatic rings. The molecule has 2 heteroatoms. The van der Waals surface area contributed by atoms with Crippen molar-refractivity contribution in [2.45, 2.75) is 13.3 Å². The summed E-state index contributed by atoms with van der Waals surface area (Å²) in [7, 11) is 0. The van der Waals surface area contributed by atoms with E-state index in [2.05, 4.69) is 18.7 Å². The Morgan fingerprint density at radius 2 is 2.44 bits per heavy atom. The van der Waals surface area contributed by atoms with E-state index in [0.717, 1.165) is 18.4 Å². The summed E-state index contributed by atoms with van der Waals surface area (Å²) in [6.07, 6.45) is 1.37. The summed E-state index contributed by atoms with van der Waals surface area (Å²) in [5.74, 6) is 4.30. The lowest BCUT2D eigenvalue weighted by atomic mass is 9.93. The number of rotatable bonds is 1. The van der Waals surface area contributed by atoms with E-state index in [1.807, 2.05) is 0 Å². The van der Waals surface area contributed by atoms with Crippen molar-refractivity contribution in [3.05, 3.63) is 0 Å². The molecule has 0 aromatic heterocycles. The van der Waals surface area contributed by atoms with Crippen LogP contribution in [0.15, 0.2) is 0 Å². The van der Waals surface area contributed by atoms with Gasteiger partial charge in [-0.05, 0) is 36.3 Å². The summed E-state index contributed by atoms with van der Waals surface area (Å²) < 4.78 is 0. The van der Waals surface area contributed by atoms with Crippen molar-refractivity contribution in [1.29, 1.82) is 0 Å². The number of hydrogen-bond acceptors (Lipinski definition) is 2. The Balaban J connectivity index is 2.30. The van der Waals surface area contributed by atoms with Crippen LogP contribution >= 0.6 is 11.8 Å². The van der Waals surface area contributed by atoms with E-state index in [4.69, 9.17) is 5.73 Å². The topological polar surface area (TPSA) is 26.0 Å². The van der Waals surface area contributed by atoms with Crippen molar-refractivity contribution in [2.24, 2.45) is 17.6 Å². The van der Waals surface area contributed by atoms with Crippen molar-refractivity contribution in [3.8, 4) is 0 Å². The molecule has 9 heavy (non-hydrogen) atoms. The van der Waals surface area contributed by atoms with Gasteiger partial charge >= 0.3 is 0 Å². The summed E-state index contributed by atoms with van der Waals surface area (Å²) in [5, 5.41) is 0. The predicted octanol–water partition coefficient (Wildman–Crippen LogP) is 1.33. The zero-order chi connectivity index (χ0) is 6.69. The first-order valence-electron chi connectivity index (χ1n) is 3.62. The van der Waals surface area contributed by atoms with Crippen molar-refractivity contribution in [3.63, 3.8) is 0 Å². The second kappa shape index (κ2) is 3.47. The molecule has 2 unspecified atom stereocenters. The van der Waals surface area contributed by atoms with Gasteiger partial charge in [0.2, 0.25) is 0 Å². The fraction of sp³-hybridized carbons (Fsp3) is 1.00. The second-order valence-electron chi connectivity index (χ2n) is 2.84. The van der Waals surface area contributed by atoms with Crippen LogP contribution in [0, 0.1) is 11.8 Å². The fourth-order valence-corrected chi connectivity index (χ4v) is 2.68. The highest BCUT2D eigenvalue weighted by Crippen LogP contribution is 2.26. The van der Waals surface area contributed by atoms with Gasteiger partial charge in [0, 0.05) is 0 Å². The zero-order valence-electron chi connectivity index (χ0n) is 5.97. The molecule has 1 heterocycles. The molecule has 1 rings (SSSR count). The van der Waals surface area contributed by atoms with E-state index in [0.29, 0.717) is 0 Å². The van der Waals surface area contributed by atoms with Gasteiger partial charge in [-0.15, -0.1) is 0 Å². The lowest BCUT2D eigenvalue weighted by Gasteiger charge is -2.26. The van der Waals surface area contributed by atoms with E-state index in [1.165, 1.54) is 17.9 Å². The van der Waals surface area contributed by atoms with Gasteiger partial charge in [-0.2, -0.15) is 11.8 Å². The summed E-state index contributed by atoms with van der Waals surface area (Å²) in [6, 6.07) is 0. The molecule has 0 spiro atoms. The van der Waals surface area contributed by atoms with Crippen LogP contribution in [0.3, 0.4) is 0 Å². The van der Waals surface area contributed by atoms with Gasteiger partial charge in [0.1, 0.15) is 0 Å². The van der Waals surface area contributed by atoms with Gasteiger partial charge in [0.25, 0.3) is 0 Å². The molecular formula is C7H15NS. The van der Waals surface area contributed by atoms with Crippen molar-refractivity contribution < 1.29 is 0 Å². The maximum atomic E-state index is 5.58. The van der Waals surface area contributed by atoms with Crippen molar-refractivity contribution in [1.82, 2.24) is 0 Å². The Hall–Kier alpha value is 0.310. The van der Waals surface area contributed by atoms with Gasteiger partial charge < -0.3 is 5.73 Å². The minimum atomic E-state index is 0.795. The predicted molar refractivity (Wildman–Crippen MR) is 43.7 cm³/mol. The van der Waals surface area contributed by atoms with E-state index >= 15 is 0 Å². The average molecular weight is 145 g/mol. The Labute approximate surface area is 61.4 Å². The highest BCUT2D eigenvalue weighted by atomic mass is 32.2. The Bertz CT molecular complexity index is 85.0. The Morgan fingerprint density at radius 3 is 2.89 bits per heavy atom. The SMILES string of the molecule is CC1CCSCC1CN. The van der Waals surface area contributed by atoms with Crippen molar-refractivity contribution >= 4 is 11.8 Å². The molecule has 2 N–H and O–H groups in total. The smallest absolute Gasteiger partial charge is 0.00245 e.